The van der Waals surface area contributed by atoms with Crippen molar-refractivity contribution in [3.8, 4) is 0 Å². The van der Waals surface area contributed by atoms with Crippen LogP contribution in [0, 0.1) is 5.92 Å². The van der Waals surface area contributed by atoms with Crippen molar-refractivity contribution >= 4 is 18.3 Å². The predicted octanol–water partition coefficient (Wildman–Crippen LogP) is 2.98. The average molecular weight is 289 g/mol. The van der Waals surface area contributed by atoms with Gasteiger partial charge in [0, 0.05) is 19.5 Å². The van der Waals surface area contributed by atoms with Gasteiger partial charge in [-0.1, -0.05) is 19.3 Å². The molecule has 2 saturated heterocycles. The Bertz CT molecular complexity index is 247. The number of carbonyl (C=O) groups excluding carboxylic acids is 1. The van der Waals surface area contributed by atoms with E-state index in [4.69, 9.17) is 0 Å². The molecule has 0 radical (unpaired) electrons. The number of halogens is 1. The number of rotatable bonds is 3. The van der Waals surface area contributed by atoms with E-state index in [1.165, 1.54) is 44.9 Å². The minimum absolute atomic E-state index is 0. The fourth-order valence-corrected chi connectivity index (χ4v) is 3.15. The van der Waals surface area contributed by atoms with Crippen LogP contribution < -0.4 is 5.32 Å². The third kappa shape index (κ3) is 6.13. The van der Waals surface area contributed by atoms with Crippen molar-refractivity contribution in [3.05, 3.63) is 0 Å². The second kappa shape index (κ2) is 9.60. The number of hydrogen-bond acceptors (Lipinski definition) is 2. The molecule has 2 fully saturated rings. The van der Waals surface area contributed by atoms with Gasteiger partial charge in [-0.25, -0.2) is 0 Å². The van der Waals surface area contributed by atoms with Crippen LogP contribution in [0.5, 0.6) is 0 Å². The maximum atomic E-state index is 12.2. The average Bonchev–Trinajstić information content (AvgIpc) is 2.37. The fraction of sp³-hybridized carbons (Fsp3) is 0.933. The molecule has 0 aliphatic carbocycles. The summed E-state index contributed by atoms with van der Waals surface area (Å²) in [7, 11) is 0. The molecule has 1 amide bonds. The van der Waals surface area contributed by atoms with E-state index in [-0.39, 0.29) is 12.4 Å². The summed E-state index contributed by atoms with van der Waals surface area (Å²) in [6.45, 7) is 4.29. The van der Waals surface area contributed by atoms with E-state index in [1.54, 1.807) is 0 Å². The molecule has 0 atom stereocenters. The summed E-state index contributed by atoms with van der Waals surface area (Å²) in [5.74, 6) is 1.19. The fourth-order valence-electron chi connectivity index (χ4n) is 3.15. The SMILES string of the molecule is Cl.O=C(CCC1CCNCC1)N1CCCCCCC1. The van der Waals surface area contributed by atoms with Crippen molar-refractivity contribution in [2.24, 2.45) is 5.92 Å². The highest BCUT2D eigenvalue weighted by Crippen LogP contribution is 2.19. The zero-order valence-corrected chi connectivity index (χ0v) is 12.8. The van der Waals surface area contributed by atoms with Crippen molar-refractivity contribution in [1.29, 1.82) is 0 Å². The first-order valence-corrected chi connectivity index (χ1v) is 7.85. The van der Waals surface area contributed by atoms with Crippen molar-refractivity contribution in [3.63, 3.8) is 0 Å². The highest BCUT2D eigenvalue weighted by Gasteiger charge is 2.18. The summed E-state index contributed by atoms with van der Waals surface area (Å²) < 4.78 is 0. The molecule has 2 heterocycles. The first kappa shape index (κ1) is 16.8. The highest BCUT2D eigenvalue weighted by molar-refractivity contribution is 5.85. The Labute approximate surface area is 123 Å². The minimum Gasteiger partial charge on any atom is -0.343 e. The minimum atomic E-state index is 0. The molecule has 112 valence electrons. The van der Waals surface area contributed by atoms with Crippen LogP contribution in [0.1, 0.15) is 57.8 Å². The summed E-state index contributed by atoms with van der Waals surface area (Å²) in [4.78, 5) is 14.3. The summed E-state index contributed by atoms with van der Waals surface area (Å²) in [6, 6.07) is 0. The quantitative estimate of drug-likeness (QED) is 0.866. The molecule has 19 heavy (non-hydrogen) atoms. The number of likely N-dealkylation sites (tertiary alicyclic amines) is 1. The van der Waals surface area contributed by atoms with Crippen LogP contribution in [0.3, 0.4) is 0 Å². The van der Waals surface area contributed by atoms with Crippen LogP contribution in [0.25, 0.3) is 0 Å². The van der Waals surface area contributed by atoms with E-state index >= 15 is 0 Å². The second-order valence-corrected chi connectivity index (χ2v) is 5.88. The highest BCUT2D eigenvalue weighted by atomic mass is 35.5. The van der Waals surface area contributed by atoms with Gasteiger partial charge in [-0.3, -0.25) is 4.79 Å². The van der Waals surface area contributed by atoms with Crippen LogP contribution in [-0.4, -0.2) is 37.0 Å². The zero-order valence-electron chi connectivity index (χ0n) is 12.0. The molecule has 0 saturated carbocycles. The van der Waals surface area contributed by atoms with Crippen molar-refractivity contribution < 1.29 is 4.79 Å². The maximum Gasteiger partial charge on any atom is 0.222 e. The Morgan fingerprint density at radius 3 is 2.21 bits per heavy atom. The van der Waals surface area contributed by atoms with Gasteiger partial charge in [-0.2, -0.15) is 0 Å². The molecule has 0 spiro atoms. The molecule has 0 bridgehead atoms. The van der Waals surface area contributed by atoms with Gasteiger partial charge in [0.1, 0.15) is 0 Å². The number of nitrogens with zero attached hydrogens (tertiary/aromatic N) is 1. The van der Waals surface area contributed by atoms with E-state index < -0.39 is 0 Å². The number of carbonyl (C=O) groups is 1. The second-order valence-electron chi connectivity index (χ2n) is 5.88. The van der Waals surface area contributed by atoms with E-state index in [1.807, 2.05) is 0 Å². The summed E-state index contributed by atoms with van der Waals surface area (Å²) in [6.07, 6.45) is 10.8. The zero-order chi connectivity index (χ0) is 12.6. The van der Waals surface area contributed by atoms with E-state index in [0.29, 0.717) is 5.91 Å². The Hall–Kier alpha value is -0.280. The monoisotopic (exact) mass is 288 g/mol. The van der Waals surface area contributed by atoms with Crippen molar-refractivity contribution in [1.82, 2.24) is 10.2 Å². The molecule has 4 heteroatoms. The summed E-state index contributed by atoms with van der Waals surface area (Å²) >= 11 is 0. The van der Waals surface area contributed by atoms with Gasteiger partial charge in [-0.05, 0) is 51.1 Å². The molecular weight excluding hydrogens is 260 g/mol. The molecule has 0 aromatic carbocycles. The first-order chi connectivity index (χ1) is 8.86. The van der Waals surface area contributed by atoms with Gasteiger partial charge in [-0.15, -0.1) is 12.4 Å². The van der Waals surface area contributed by atoms with Crippen LogP contribution in [-0.2, 0) is 4.79 Å². The van der Waals surface area contributed by atoms with Crippen LogP contribution in [0.15, 0.2) is 0 Å². The van der Waals surface area contributed by atoms with Gasteiger partial charge in [0.25, 0.3) is 0 Å². The molecular formula is C15H29ClN2O. The normalized spacial score (nSPS) is 22.2. The number of hydrogen-bond donors (Lipinski definition) is 1. The molecule has 1 N–H and O–H groups in total. The topological polar surface area (TPSA) is 32.3 Å². The number of nitrogens with one attached hydrogen (secondary N) is 1. The number of piperidine rings is 1. The lowest BCUT2D eigenvalue weighted by atomic mass is 9.93. The standard InChI is InChI=1S/C15H28N2O.ClH/c18-15(7-6-14-8-10-16-11-9-14)17-12-4-2-1-3-5-13-17;/h14,16H,1-13H2;1H. The lowest BCUT2D eigenvalue weighted by Gasteiger charge is -2.27. The largest absolute Gasteiger partial charge is 0.343 e. The van der Waals surface area contributed by atoms with Gasteiger partial charge in [0.05, 0.1) is 0 Å². The molecule has 2 aliphatic rings. The predicted molar refractivity (Wildman–Crippen MR) is 81.7 cm³/mol. The molecule has 3 nitrogen and oxygen atoms in total. The number of amides is 1. The van der Waals surface area contributed by atoms with Crippen LogP contribution >= 0.6 is 12.4 Å². The Kier molecular flexibility index (Phi) is 8.47. The molecule has 2 aliphatic heterocycles. The Morgan fingerprint density at radius 2 is 1.58 bits per heavy atom. The third-order valence-electron chi connectivity index (χ3n) is 4.43. The van der Waals surface area contributed by atoms with Crippen molar-refractivity contribution in [2.45, 2.75) is 57.8 Å². The third-order valence-corrected chi connectivity index (χ3v) is 4.43. The lowest BCUT2D eigenvalue weighted by molar-refractivity contribution is -0.131. The van der Waals surface area contributed by atoms with Crippen molar-refractivity contribution in [2.75, 3.05) is 26.2 Å². The first-order valence-electron chi connectivity index (χ1n) is 7.85. The Balaban J connectivity index is 0.00000180. The van der Waals surface area contributed by atoms with Gasteiger partial charge < -0.3 is 10.2 Å². The molecule has 0 aromatic heterocycles. The maximum absolute atomic E-state index is 12.2. The molecule has 2 rings (SSSR count). The summed E-state index contributed by atoms with van der Waals surface area (Å²) in [5.41, 5.74) is 0. The smallest absolute Gasteiger partial charge is 0.222 e. The van der Waals surface area contributed by atoms with E-state index in [2.05, 4.69) is 10.2 Å². The van der Waals surface area contributed by atoms with Gasteiger partial charge in [0.15, 0.2) is 0 Å². The summed E-state index contributed by atoms with van der Waals surface area (Å²) in [5, 5.41) is 3.39. The van der Waals surface area contributed by atoms with Crippen LogP contribution in [0.2, 0.25) is 0 Å². The lowest BCUT2D eigenvalue weighted by Crippen LogP contribution is -2.34. The van der Waals surface area contributed by atoms with Crippen LogP contribution in [0.4, 0.5) is 0 Å². The van der Waals surface area contributed by atoms with E-state index in [0.717, 1.165) is 44.9 Å². The van der Waals surface area contributed by atoms with Gasteiger partial charge >= 0.3 is 0 Å². The van der Waals surface area contributed by atoms with E-state index in [9.17, 15) is 4.79 Å². The Morgan fingerprint density at radius 1 is 1.00 bits per heavy atom. The molecule has 0 unspecified atom stereocenters. The van der Waals surface area contributed by atoms with Gasteiger partial charge in [0.2, 0.25) is 5.91 Å². The molecule has 0 aromatic rings.